The van der Waals surface area contributed by atoms with Crippen LogP contribution in [0.1, 0.15) is 29.9 Å². The lowest BCUT2D eigenvalue weighted by Gasteiger charge is -2.40. The van der Waals surface area contributed by atoms with Crippen molar-refractivity contribution in [1.82, 2.24) is 4.90 Å². The van der Waals surface area contributed by atoms with Crippen LogP contribution in [0.2, 0.25) is 0 Å². The van der Waals surface area contributed by atoms with Crippen molar-refractivity contribution in [1.29, 1.82) is 0 Å². The summed E-state index contributed by atoms with van der Waals surface area (Å²) in [7, 11) is 2.37. The summed E-state index contributed by atoms with van der Waals surface area (Å²) in [5, 5.41) is 10.2. The highest BCUT2D eigenvalue weighted by Gasteiger charge is 2.47. The molecule has 168 valence electrons. The lowest BCUT2D eigenvalue weighted by atomic mass is 9.93. The molecule has 1 aliphatic carbocycles. The molecule has 0 bridgehead atoms. The highest BCUT2D eigenvalue weighted by atomic mass is 16.6. The van der Waals surface area contributed by atoms with Gasteiger partial charge in [-0.2, -0.15) is 0 Å². The maximum Gasteiger partial charge on any atom is 0.411 e. The van der Waals surface area contributed by atoms with E-state index in [1.54, 1.807) is 0 Å². The van der Waals surface area contributed by atoms with Gasteiger partial charge in [0, 0.05) is 18.8 Å². The van der Waals surface area contributed by atoms with Crippen LogP contribution in [0.25, 0.3) is 11.1 Å². The number of likely N-dealkylation sites (tertiary alicyclic amines) is 1. The van der Waals surface area contributed by atoms with Crippen molar-refractivity contribution < 1.29 is 33.7 Å². The van der Waals surface area contributed by atoms with Crippen molar-refractivity contribution in [3.8, 4) is 11.1 Å². The second-order valence-electron chi connectivity index (χ2n) is 7.91. The topological polar surface area (TPSA) is 102 Å². The summed E-state index contributed by atoms with van der Waals surface area (Å²) in [5.41, 5.74) is 4.27. The van der Waals surface area contributed by atoms with Crippen molar-refractivity contribution in [3.05, 3.63) is 59.7 Å². The van der Waals surface area contributed by atoms with Crippen molar-refractivity contribution in [2.75, 3.05) is 20.8 Å². The van der Waals surface area contributed by atoms with Crippen LogP contribution < -0.4 is 0 Å². The van der Waals surface area contributed by atoms with Crippen LogP contribution in [0.5, 0.6) is 0 Å². The molecule has 1 heterocycles. The SMILES string of the molecule is COC(=O)[C@H]1CC(O)C[C@@H](C(=O)OC)N1C(=O)OCC1c2ccccc2-c2ccccc21. The van der Waals surface area contributed by atoms with Crippen molar-refractivity contribution in [2.24, 2.45) is 0 Å². The molecule has 3 atom stereocenters. The minimum atomic E-state index is -1.15. The van der Waals surface area contributed by atoms with Gasteiger partial charge in [0.2, 0.25) is 0 Å². The molecular formula is C24H25NO7. The standard InChI is InChI=1S/C24H25NO7/c1-30-22(27)20-11-14(26)12-21(23(28)31-2)25(20)24(29)32-13-19-17-9-5-3-7-15(17)16-8-4-6-10-18(16)19/h3-10,14,19-21,26H,11-13H2,1-2H3/t14?,20-,21+. The Balaban J connectivity index is 1.59. The average molecular weight is 439 g/mol. The molecule has 0 radical (unpaired) electrons. The van der Waals surface area contributed by atoms with E-state index in [9.17, 15) is 19.5 Å². The van der Waals surface area contributed by atoms with E-state index >= 15 is 0 Å². The predicted octanol–water partition coefficient (Wildman–Crippen LogP) is 2.48. The molecule has 1 fully saturated rings. The third kappa shape index (κ3) is 3.82. The Bertz CT molecular complexity index is 965. The fourth-order valence-electron chi connectivity index (χ4n) is 4.67. The molecule has 8 heteroatoms. The predicted molar refractivity (Wildman–Crippen MR) is 114 cm³/mol. The molecule has 1 unspecified atom stereocenters. The minimum Gasteiger partial charge on any atom is -0.467 e. The Labute approximate surface area is 185 Å². The molecular weight excluding hydrogens is 414 g/mol. The number of aliphatic hydroxyl groups excluding tert-OH is 1. The smallest absolute Gasteiger partial charge is 0.411 e. The lowest BCUT2D eigenvalue weighted by molar-refractivity contribution is -0.159. The maximum absolute atomic E-state index is 13.2. The molecule has 0 aromatic heterocycles. The average Bonchev–Trinajstić information content (AvgIpc) is 3.14. The number of hydrogen-bond acceptors (Lipinski definition) is 7. The molecule has 0 spiro atoms. The Morgan fingerprint density at radius 1 is 0.875 bits per heavy atom. The zero-order chi connectivity index (χ0) is 22.8. The first kappa shape index (κ1) is 21.8. The van der Waals surface area contributed by atoms with Gasteiger partial charge in [-0.1, -0.05) is 48.5 Å². The fourth-order valence-corrected chi connectivity index (χ4v) is 4.67. The molecule has 1 amide bonds. The first-order valence-corrected chi connectivity index (χ1v) is 10.4. The number of aliphatic hydroxyl groups is 1. The molecule has 2 aromatic rings. The second-order valence-corrected chi connectivity index (χ2v) is 7.91. The summed E-state index contributed by atoms with van der Waals surface area (Å²) in [6.07, 6.45) is -1.89. The van der Waals surface area contributed by atoms with Crippen LogP contribution in [0.3, 0.4) is 0 Å². The van der Waals surface area contributed by atoms with Gasteiger partial charge in [0.05, 0.1) is 20.3 Å². The monoisotopic (exact) mass is 439 g/mol. The van der Waals surface area contributed by atoms with Gasteiger partial charge < -0.3 is 19.3 Å². The Morgan fingerprint density at radius 3 is 1.81 bits per heavy atom. The van der Waals surface area contributed by atoms with E-state index in [1.807, 2.05) is 48.5 Å². The molecule has 1 N–H and O–H groups in total. The third-order valence-electron chi connectivity index (χ3n) is 6.16. The number of benzene rings is 2. The molecule has 1 aliphatic heterocycles. The second kappa shape index (κ2) is 9.00. The Hall–Kier alpha value is -3.39. The number of nitrogens with zero attached hydrogens (tertiary/aromatic N) is 1. The van der Waals surface area contributed by atoms with Crippen molar-refractivity contribution in [2.45, 2.75) is 36.9 Å². The summed E-state index contributed by atoms with van der Waals surface area (Å²) >= 11 is 0. The van der Waals surface area contributed by atoms with Crippen LogP contribution in [-0.4, -0.2) is 67.1 Å². The van der Waals surface area contributed by atoms with Gasteiger partial charge >= 0.3 is 18.0 Å². The van der Waals surface area contributed by atoms with Gasteiger partial charge in [0.15, 0.2) is 0 Å². The van der Waals surface area contributed by atoms with E-state index in [1.165, 1.54) is 14.2 Å². The lowest BCUT2D eigenvalue weighted by Crippen LogP contribution is -2.59. The zero-order valence-electron chi connectivity index (χ0n) is 17.9. The summed E-state index contributed by atoms with van der Waals surface area (Å²) in [6, 6.07) is 13.6. The maximum atomic E-state index is 13.2. The largest absolute Gasteiger partial charge is 0.467 e. The summed E-state index contributed by atoms with van der Waals surface area (Å²) in [4.78, 5) is 38.9. The molecule has 2 aliphatic rings. The number of hydrogen-bond donors (Lipinski definition) is 1. The van der Waals surface area contributed by atoms with Crippen LogP contribution in [-0.2, 0) is 23.8 Å². The van der Waals surface area contributed by atoms with Gasteiger partial charge in [-0.3, -0.25) is 4.90 Å². The number of rotatable bonds is 4. The molecule has 1 saturated heterocycles. The molecule has 32 heavy (non-hydrogen) atoms. The quantitative estimate of drug-likeness (QED) is 0.577. The van der Waals surface area contributed by atoms with Crippen molar-refractivity contribution in [3.63, 3.8) is 0 Å². The van der Waals surface area contributed by atoms with Gasteiger partial charge in [-0.05, 0) is 22.3 Å². The number of carbonyl (C=O) groups excluding carboxylic acids is 3. The molecule has 4 rings (SSSR count). The van der Waals surface area contributed by atoms with Crippen LogP contribution in [0, 0.1) is 0 Å². The zero-order valence-corrected chi connectivity index (χ0v) is 17.9. The number of methoxy groups -OCH3 is 2. The summed E-state index contributed by atoms with van der Waals surface area (Å²) in [5.74, 6) is -1.63. The first-order valence-electron chi connectivity index (χ1n) is 10.4. The highest BCUT2D eigenvalue weighted by Crippen LogP contribution is 2.44. The van der Waals surface area contributed by atoms with Crippen LogP contribution in [0.15, 0.2) is 48.5 Å². The molecule has 0 saturated carbocycles. The van der Waals surface area contributed by atoms with E-state index in [2.05, 4.69) is 0 Å². The normalized spacial score (nSPS) is 22.0. The van der Waals surface area contributed by atoms with E-state index in [0.717, 1.165) is 27.2 Å². The summed E-state index contributed by atoms with van der Waals surface area (Å²) in [6.45, 7) is 0.0354. The number of fused-ring (bicyclic) bond motifs is 3. The first-order chi connectivity index (χ1) is 15.5. The Morgan fingerprint density at radius 2 is 1.34 bits per heavy atom. The van der Waals surface area contributed by atoms with E-state index in [-0.39, 0.29) is 25.4 Å². The van der Waals surface area contributed by atoms with E-state index < -0.39 is 36.2 Å². The van der Waals surface area contributed by atoms with Gasteiger partial charge in [0.1, 0.15) is 18.7 Å². The summed E-state index contributed by atoms with van der Waals surface area (Å²) < 4.78 is 15.3. The van der Waals surface area contributed by atoms with Crippen LogP contribution in [0.4, 0.5) is 4.79 Å². The Kier molecular flexibility index (Phi) is 6.14. The van der Waals surface area contributed by atoms with Crippen molar-refractivity contribution >= 4 is 18.0 Å². The van der Waals surface area contributed by atoms with Crippen LogP contribution >= 0.6 is 0 Å². The molecule has 2 aromatic carbocycles. The fraction of sp³-hybridized carbons (Fsp3) is 0.375. The van der Waals surface area contributed by atoms with E-state index in [4.69, 9.17) is 14.2 Å². The van der Waals surface area contributed by atoms with E-state index in [0.29, 0.717) is 0 Å². The number of piperidine rings is 1. The highest BCUT2D eigenvalue weighted by molar-refractivity contribution is 5.87. The number of amides is 1. The van der Waals surface area contributed by atoms with Gasteiger partial charge in [0.25, 0.3) is 0 Å². The van der Waals surface area contributed by atoms with Gasteiger partial charge in [-0.15, -0.1) is 0 Å². The minimum absolute atomic E-state index is 0.0354. The molecule has 8 nitrogen and oxygen atoms in total. The van der Waals surface area contributed by atoms with Gasteiger partial charge in [-0.25, -0.2) is 14.4 Å². The number of ether oxygens (including phenoxy) is 3. The number of esters is 2. The number of carbonyl (C=O) groups is 3. The third-order valence-corrected chi connectivity index (χ3v) is 6.16.